The topological polar surface area (TPSA) is 141 Å². The van der Waals surface area contributed by atoms with Crippen LogP contribution < -0.4 is 10.0 Å². The summed E-state index contributed by atoms with van der Waals surface area (Å²) in [6.07, 6.45) is 2.68. The van der Waals surface area contributed by atoms with Crippen LogP contribution in [0.15, 0.2) is 78.0 Å². The van der Waals surface area contributed by atoms with E-state index in [4.69, 9.17) is 0 Å². The molecule has 0 aliphatic carbocycles. The van der Waals surface area contributed by atoms with Gasteiger partial charge in [-0.1, -0.05) is 18.2 Å². The van der Waals surface area contributed by atoms with E-state index in [1.807, 2.05) is 24.3 Å². The van der Waals surface area contributed by atoms with Crippen LogP contribution in [0, 0.1) is 5.95 Å². The van der Waals surface area contributed by atoms with Gasteiger partial charge in [0.2, 0.25) is 16.0 Å². The molecule has 0 bridgehead atoms. The highest BCUT2D eigenvalue weighted by Gasteiger charge is 2.26. The first kappa shape index (κ1) is 23.1. The van der Waals surface area contributed by atoms with Crippen molar-refractivity contribution in [2.45, 2.75) is 17.4 Å². The third kappa shape index (κ3) is 5.11. The van der Waals surface area contributed by atoms with Crippen molar-refractivity contribution in [2.75, 3.05) is 5.32 Å². The molecule has 2 heterocycles. The number of benzene rings is 2. The Kier molecular flexibility index (Phi) is 6.39. The van der Waals surface area contributed by atoms with Gasteiger partial charge < -0.3 is 15.4 Å². The second-order valence-corrected chi connectivity index (χ2v) is 9.14. The summed E-state index contributed by atoms with van der Waals surface area (Å²) in [6.45, 7) is 0. The van der Waals surface area contributed by atoms with Crippen molar-refractivity contribution in [3.63, 3.8) is 0 Å². The zero-order chi connectivity index (χ0) is 24.3. The van der Waals surface area contributed by atoms with Gasteiger partial charge in [-0.15, -0.1) is 0 Å². The van der Waals surface area contributed by atoms with Gasteiger partial charge >= 0.3 is 5.97 Å². The van der Waals surface area contributed by atoms with Gasteiger partial charge in [0.1, 0.15) is 6.04 Å². The summed E-state index contributed by atoms with van der Waals surface area (Å²) in [5, 5.41) is 13.0. The summed E-state index contributed by atoms with van der Waals surface area (Å²) in [7, 11) is -4.17. The minimum Gasteiger partial charge on any atom is -0.480 e. The van der Waals surface area contributed by atoms with Gasteiger partial charge in [0, 0.05) is 35.4 Å². The van der Waals surface area contributed by atoms with E-state index in [0.29, 0.717) is 11.3 Å². The number of nitrogens with one attached hydrogen (secondary N) is 3. The van der Waals surface area contributed by atoms with E-state index in [1.54, 1.807) is 6.20 Å². The molecule has 34 heavy (non-hydrogen) atoms. The van der Waals surface area contributed by atoms with Crippen molar-refractivity contribution in [3.8, 4) is 0 Å². The molecule has 4 N–H and O–H groups in total. The molecule has 0 fully saturated rings. The molecule has 0 saturated heterocycles. The quantitative estimate of drug-likeness (QED) is 0.285. The standard InChI is InChI=1S/C23H19FN4O5S/c24-21-10-5-14(12-26-21)22(29)27-16-6-8-17(9-7-16)34(32,33)28-20(23(30)31)11-15-13-25-19-4-2-1-3-18(15)19/h1-10,12-13,20,25,28H,11H2,(H,27,29)(H,30,31)/t20-/m1/s1. The maximum absolute atomic E-state index is 12.9. The first-order valence-electron chi connectivity index (χ1n) is 10.1. The van der Waals surface area contributed by atoms with Gasteiger partial charge in [-0.25, -0.2) is 13.4 Å². The first-order valence-corrected chi connectivity index (χ1v) is 11.5. The number of aromatic amines is 1. The number of sulfonamides is 1. The predicted octanol–water partition coefficient (Wildman–Crippen LogP) is 2.93. The summed E-state index contributed by atoms with van der Waals surface area (Å²) in [5.41, 5.74) is 1.90. The number of H-pyrrole nitrogens is 1. The summed E-state index contributed by atoms with van der Waals surface area (Å²) in [5.74, 6) is -2.58. The Balaban J connectivity index is 1.47. The molecule has 0 unspecified atom stereocenters. The van der Waals surface area contributed by atoms with Crippen LogP contribution in [0.4, 0.5) is 10.1 Å². The lowest BCUT2D eigenvalue weighted by molar-refractivity contribution is -0.138. The highest BCUT2D eigenvalue weighted by Crippen LogP contribution is 2.21. The fourth-order valence-corrected chi connectivity index (χ4v) is 4.58. The van der Waals surface area contributed by atoms with Crippen LogP contribution in [-0.2, 0) is 21.2 Å². The number of anilines is 1. The molecule has 174 valence electrons. The Morgan fingerprint density at radius 3 is 2.47 bits per heavy atom. The molecule has 4 aromatic rings. The first-order chi connectivity index (χ1) is 16.2. The van der Waals surface area contributed by atoms with Crippen LogP contribution in [0.5, 0.6) is 0 Å². The molecule has 2 aromatic carbocycles. The van der Waals surface area contributed by atoms with E-state index in [1.165, 1.54) is 30.3 Å². The van der Waals surface area contributed by atoms with Crippen LogP contribution >= 0.6 is 0 Å². The van der Waals surface area contributed by atoms with E-state index in [2.05, 4.69) is 20.0 Å². The number of carbonyl (C=O) groups excluding carboxylic acids is 1. The van der Waals surface area contributed by atoms with E-state index < -0.39 is 33.9 Å². The third-order valence-electron chi connectivity index (χ3n) is 5.11. The molecular formula is C23H19FN4O5S. The monoisotopic (exact) mass is 482 g/mol. The molecule has 11 heteroatoms. The fraction of sp³-hybridized carbons (Fsp3) is 0.0870. The molecular weight excluding hydrogens is 463 g/mol. The number of fused-ring (bicyclic) bond motifs is 1. The number of hydrogen-bond donors (Lipinski definition) is 4. The Hall–Kier alpha value is -4.09. The van der Waals surface area contributed by atoms with E-state index >= 15 is 0 Å². The largest absolute Gasteiger partial charge is 0.480 e. The minimum atomic E-state index is -4.17. The molecule has 9 nitrogen and oxygen atoms in total. The molecule has 0 radical (unpaired) electrons. The van der Waals surface area contributed by atoms with Crippen LogP contribution in [0.3, 0.4) is 0 Å². The van der Waals surface area contributed by atoms with Gasteiger partial charge in [-0.2, -0.15) is 9.11 Å². The number of aliphatic carboxylic acids is 1. The average Bonchev–Trinajstić information content (AvgIpc) is 3.22. The average molecular weight is 482 g/mol. The van der Waals surface area contributed by atoms with E-state index in [0.717, 1.165) is 23.2 Å². The number of aromatic nitrogens is 2. The third-order valence-corrected chi connectivity index (χ3v) is 6.59. The second-order valence-electron chi connectivity index (χ2n) is 7.42. The second kappa shape index (κ2) is 9.41. The molecule has 4 rings (SSSR count). The Morgan fingerprint density at radius 2 is 1.79 bits per heavy atom. The van der Waals surface area contributed by atoms with Crippen LogP contribution in [-0.4, -0.2) is 41.4 Å². The SMILES string of the molecule is O=C(Nc1ccc(S(=O)(=O)N[C@H](Cc2c[nH]c3ccccc23)C(=O)O)cc1)c1ccc(F)nc1. The van der Waals surface area contributed by atoms with Crippen molar-refractivity contribution < 1.29 is 27.5 Å². The highest BCUT2D eigenvalue weighted by atomic mass is 32.2. The van der Waals surface area contributed by atoms with Gasteiger partial charge in [0.15, 0.2) is 0 Å². The normalized spacial score (nSPS) is 12.4. The van der Waals surface area contributed by atoms with Crippen molar-refractivity contribution in [3.05, 3.63) is 90.1 Å². The smallest absolute Gasteiger partial charge is 0.322 e. The lowest BCUT2D eigenvalue weighted by Crippen LogP contribution is -2.42. The number of carboxylic acid groups (broad SMARTS) is 1. The number of pyridine rings is 1. The molecule has 0 spiro atoms. The van der Waals surface area contributed by atoms with Crippen molar-refractivity contribution >= 4 is 38.5 Å². The predicted molar refractivity (Wildman–Crippen MR) is 122 cm³/mol. The maximum Gasteiger partial charge on any atom is 0.322 e. The summed E-state index contributed by atoms with van der Waals surface area (Å²) >= 11 is 0. The van der Waals surface area contributed by atoms with Gasteiger partial charge in [-0.3, -0.25) is 9.59 Å². The number of hydrogen-bond acceptors (Lipinski definition) is 5. The summed E-state index contributed by atoms with van der Waals surface area (Å²) in [6, 6.07) is 13.4. The number of para-hydroxylation sites is 1. The van der Waals surface area contributed by atoms with Crippen LogP contribution in [0.25, 0.3) is 10.9 Å². The highest BCUT2D eigenvalue weighted by molar-refractivity contribution is 7.89. The molecule has 1 amide bonds. The number of amides is 1. The summed E-state index contributed by atoms with van der Waals surface area (Å²) in [4.78, 5) is 30.3. The number of carbonyl (C=O) groups is 2. The summed E-state index contributed by atoms with van der Waals surface area (Å²) < 4.78 is 40.8. The zero-order valence-electron chi connectivity index (χ0n) is 17.5. The molecule has 2 aromatic heterocycles. The van der Waals surface area contributed by atoms with Crippen LogP contribution in [0.2, 0.25) is 0 Å². The lowest BCUT2D eigenvalue weighted by Gasteiger charge is -2.15. The molecule has 0 saturated carbocycles. The van der Waals surface area contributed by atoms with Crippen molar-refractivity contribution in [2.24, 2.45) is 0 Å². The maximum atomic E-state index is 12.9. The minimum absolute atomic E-state index is 0.0571. The molecule has 0 aliphatic heterocycles. The number of halogens is 1. The number of rotatable bonds is 8. The lowest BCUT2D eigenvalue weighted by atomic mass is 10.1. The number of carboxylic acids is 1. The van der Waals surface area contributed by atoms with E-state index in [-0.39, 0.29) is 16.9 Å². The van der Waals surface area contributed by atoms with Gasteiger partial charge in [0.05, 0.1) is 10.5 Å². The Bertz CT molecular complexity index is 1450. The van der Waals surface area contributed by atoms with Gasteiger partial charge in [-0.05, 0) is 48.0 Å². The molecule has 1 atom stereocenters. The Labute approximate surface area is 193 Å². The zero-order valence-corrected chi connectivity index (χ0v) is 18.3. The number of nitrogens with zero attached hydrogens (tertiary/aromatic N) is 1. The van der Waals surface area contributed by atoms with Crippen molar-refractivity contribution in [1.82, 2.24) is 14.7 Å². The van der Waals surface area contributed by atoms with E-state index in [9.17, 15) is 27.5 Å². The van der Waals surface area contributed by atoms with Crippen molar-refractivity contribution in [1.29, 1.82) is 0 Å². The molecule has 0 aliphatic rings. The fourth-order valence-electron chi connectivity index (χ4n) is 3.39. The van der Waals surface area contributed by atoms with Gasteiger partial charge in [0.25, 0.3) is 5.91 Å². The Morgan fingerprint density at radius 1 is 1.06 bits per heavy atom. The van der Waals surface area contributed by atoms with Crippen LogP contribution in [0.1, 0.15) is 15.9 Å².